The molecule has 2 aromatic rings. The summed E-state index contributed by atoms with van der Waals surface area (Å²) in [6, 6.07) is 18.8. The molecule has 1 heterocycles. The molecule has 3 rings (SSSR count). The SMILES string of the molecule is Cc1ccc(CNC(=O)[C@H](C)[NH+]2CC=C(c3ccccc3)CC2)cc1. The number of quaternary nitrogens is 1. The summed E-state index contributed by atoms with van der Waals surface area (Å²) < 4.78 is 0. The Morgan fingerprint density at radius 1 is 1.12 bits per heavy atom. The van der Waals surface area contributed by atoms with E-state index in [1.807, 2.05) is 13.0 Å². The largest absolute Gasteiger partial charge is 0.347 e. The number of hydrogen-bond acceptors (Lipinski definition) is 1. The van der Waals surface area contributed by atoms with Crippen LogP contribution in [0.15, 0.2) is 60.7 Å². The van der Waals surface area contributed by atoms with Crippen molar-refractivity contribution in [3.63, 3.8) is 0 Å². The molecule has 1 aliphatic heterocycles. The number of aryl methyl sites for hydroxylation is 1. The molecule has 0 saturated carbocycles. The average molecular weight is 335 g/mol. The van der Waals surface area contributed by atoms with Crippen LogP contribution in [0.2, 0.25) is 0 Å². The van der Waals surface area contributed by atoms with Gasteiger partial charge in [-0.1, -0.05) is 60.2 Å². The maximum absolute atomic E-state index is 12.5. The van der Waals surface area contributed by atoms with Gasteiger partial charge in [-0.05, 0) is 36.6 Å². The smallest absolute Gasteiger partial charge is 0.278 e. The van der Waals surface area contributed by atoms with E-state index in [4.69, 9.17) is 0 Å². The minimum atomic E-state index is -0.0287. The number of carbonyl (C=O) groups excluding carboxylic acids is 1. The quantitative estimate of drug-likeness (QED) is 0.864. The van der Waals surface area contributed by atoms with Crippen LogP contribution in [0.5, 0.6) is 0 Å². The van der Waals surface area contributed by atoms with E-state index in [0.29, 0.717) is 6.54 Å². The normalized spacial score (nSPS) is 18.3. The van der Waals surface area contributed by atoms with E-state index in [0.717, 1.165) is 25.1 Å². The maximum atomic E-state index is 12.5. The molecule has 0 radical (unpaired) electrons. The van der Waals surface area contributed by atoms with Crippen LogP contribution in [0, 0.1) is 6.92 Å². The van der Waals surface area contributed by atoms with Crippen molar-refractivity contribution in [1.29, 1.82) is 0 Å². The second-order valence-corrected chi connectivity index (χ2v) is 6.88. The van der Waals surface area contributed by atoms with Crippen molar-refractivity contribution in [3.8, 4) is 0 Å². The summed E-state index contributed by atoms with van der Waals surface area (Å²) in [4.78, 5) is 13.8. The lowest BCUT2D eigenvalue weighted by atomic mass is 9.99. The zero-order valence-corrected chi connectivity index (χ0v) is 15.1. The maximum Gasteiger partial charge on any atom is 0.278 e. The van der Waals surface area contributed by atoms with Gasteiger partial charge < -0.3 is 10.2 Å². The molecule has 25 heavy (non-hydrogen) atoms. The highest BCUT2D eigenvalue weighted by atomic mass is 16.2. The van der Waals surface area contributed by atoms with Crippen LogP contribution in [0.3, 0.4) is 0 Å². The van der Waals surface area contributed by atoms with Gasteiger partial charge in [-0.25, -0.2) is 0 Å². The first-order chi connectivity index (χ1) is 12.1. The molecule has 0 spiro atoms. The summed E-state index contributed by atoms with van der Waals surface area (Å²) in [7, 11) is 0. The molecule has 130 valence electrons. The third kappa shape index (κ3) is 4.58. The zero-order valence-electron chi connectivity index (χ0n) is 15.1. The molecular weight excluding hydrogens is 308 g/mol. The molecule has 3 nitrogen and oxygen atoms in total. The van der Waals surface area contributed by atoms with Gasteiger partial charge in [-0.15, -0.1) is 0 Å². The third-order valence-electron chi connectivity index (χ3n) is 5.06. The third-order valence-corrected chi connectivity index (χ3v) is 5.06. The highest BCUT2D eigenvalue weighted by molar-refractivity contribution is 5.80. The fraction of sp³-hybridized carbons (Fsp3) is 0.318. The van der Waals surface area contributed by atoms with Crippen LogP contribution < -0.4 is 10.2 Å². The van der Waals surface area contributed by atoms with E-state index in [2.05, 4.69) is 66.8 Å². The highest BCUT2D eigenvalue weighted by Crippen LogP contribution is 2.17. The van der Waals surface area contributed by atoms with Crippen molar-refractivity contribution in [2.45, 2.75) is 32.9 Å². The highest BCUT2D eigenvalue weighted by Gasteiger charge is 2.26. The van der Waals surface area contributed by atoms with Crippen LogP contribution in [0.1, 0.15) is 30.0 Å². The average Bonchev–Trinajstić information content (AvgIpc) is 2.67. The lowest BCUT2D eigenvalue weighted by molar-refractivity contribution is -0.909. The van der Waals surface area contributed by atoms with Gasteiger partial charge in [-0.2, -0.15) is 0 Å². The number of hydrogen-bond donors (Lipinski definition) is 2. The van der Waals surface area contributed by atoms with Gasteiger partial charge in [0.05, 0.1) is 13.1 Å². The summed E-state index contributed by atoms with van der Waals surface area (Å²) in [5, 5.41) is 3.08. The van der Waals surface area contributed by atoms with Crippen molar-refractivity contribution >= 4 is 11.5 Å². The molecule has 0 aromatic heterocycles. The Balaban J connectivity index is 1.53. The number of amides is 1. The fourth-order valence-corrected chi connectivity index (χ4v) is 3.29. The topological polar surface area (TPSA) is 33.5 Å². The van der Waals surface area contributed by atoms with Gasteiger partial charge in [-0.3, -0.25) is 4.79 Å². The van der Waals surface area contributed by atoms with E-state index in [1.54, 1.807) is 0 Å². The van der Waals surface area contributed by atoms with Gasteiger partial charge in [0.2, 0.25) is 0 Å². The van der Waals surface area contributed by atoms with Crippen molar-refractivity contribution in [3.05, 3.63) is 77.4 Å². The van der Waals surface area contributed by atoms with Gasteiger partial charge in [0.15, 0.2) is 6.04 Å². The van der Waals surface area contributed by atoms with E-state index in [1.165, 1.54) is 21.6 Å². The number of nitrogens with one attached hydrogen (secondary N) is 2. The van der Waals surface area contributed by atoms with Crippen LogP contribution in [-0.2, 0) is 11.3 Å². The van der Waals surface area contributed by atoms with Crippen molar-refractivity contribution < 1.29 is 9.69 Å². The van der Waals surface area contributed by atoms with E-state index < -0.39 is 0 Å². The lowest BCUT2D eigenvalue weighted by Gasteiger charge is -2.28. The molecular formula is C22H27N2O+. The molecule has 2 N–H and O–H groups in total. The molecule has 1 amide bonds. The van der Waals surface area contributed by atoms with Crippen molar-refractivity contribution in [1.82, 2.24) is 5.32 Å². The minimum absolute atomic E-state index is 0.0287. The number of benzene rings is 2. The Bertz CT molecular complexity index is 734. The standard InChI is InChI=1S/C22H26N2O/c1-17-8-10-19(11-9-17)16-23-22(25)18(2)24-14-12-21(13-15-24)20-6-4-3-5-7-20/h3-12,18H,13-16H2,1-2H3,(H,23,25)/p+1/t18-/m0/s1. The Labute approximate surface area is 150 Å². The predicted molar refractivity (Wildman–Crippen MR) is 102 cm³/mol. The van der Waals surface area contributed by atoms with Gasteiger partial charge in [0.1, 0.15) is 0 Å². The van der Waals surface area contributed by atoms with E-state index in [-0.39, 0.29) is 11.9 Å². The molecule has 2 aromatic carbocycles. The Hall–Kier alpha value is -2.39. The van der Waals surface area contributed by atoms with Crippen LogP contribution in [-0.4, -0.2) is 25.0 Å². The number of rotatable bonds is 5. The molecule has 0 saturated heterocycles. The number of carbonyl (C=O) groups is 1. The Morgan fingerprint density at radius 2 is 1.84 bits per heavy atom. The van der Waals surface area contributed by atoms with Crippen LogP contribution in [0.4, 0.5) is 0 Å². The summed E-state index contributed by atoms with van der Waals surface area (Å²) in [6.07, 6.45) is 3.31. The van der Waals surface area contributed by atoms with E-state index in [9.17, 15) is 4.79 Å². The first kappa shape index (κ1) is 17.4. The second-order valence-electron chi connectivity index (χ2n) is 6.88. The van der Waals surface area contributed by atoms with Gasteiger partial charge >= 0.3 is 0 Å². The second kappa shape index (κ2) is 8.13. The Morgan fingerprint density at radius 3 is 2.48 bits per heavy atom. The zero-order chi connectivity index (χ0) is 17.6. The lowest BCUT2D eigenvalue weighted by Crippen LogP contribution is -3.17. The summed E-state index contributed by atoms with van der Waals surface area (Å²) in [5.74, 6) is 0.132. The van der Waals surface area contributed by atoms with Crippen LogP contribution >= 0.6 is 0 Å². The molecule has 0 bridgehead atoms. The summed E-state index contributed by atoms with van der Waals surface area (Å²) in [6.45, 7) is 6.60. The van der Waals surface area contributed by atoms with Crippen molar-refractivity contribution in [2.24, 2.45) is 0 Å². The van der Waals surface area contributed by atoms with Gasteiger partial charge in [0.25, 0.3) is 5.91 Å². The summed E-state index contributed by atoms with van der Waals surface area (Å²) in [5.41, 5.74) is 5.09. The first-order valence-corrected chi connectivity index (χ1v) is 9.06. The molecule has 1 unspecified atom stereocenters. The molecule has 0 fully saturated rings. The van der Waals surface area contributed by atoms with Gasteiger partial charge in [0, 0.05) is 13.0 Å². The molecule has 3 heteroatoms. The molecule has 2 atom stereocenters. The van der Waals surface area contributed by atoms with Crippen molar-refractivity contribution in [2.75, 3.05) is 13.1 Å². The fourth-order valence-electron chi connectivity index (χ4n) is 3.29. The molecule has 1 aliphatic rings. The first-order valence-electron chi connectivity index (χ1n) is 9.06. The summed E-state index contributed by atoms with van der Waals surface area (Å²) >= 11 is 0. The van der Waals surface area contributed by atoms with E-state index >= 15 is 0 Å². The predicted octanol–water partition coefficient (Wildman–Crippen LogP) is 2.37. The minimum Gasteiger partial charge on any atom is -0.347 e. The Kier molecular flexibility index (Phi) is 5.67. The molecule has 0 aliphatic carbocycles. The van der Waals surface area contributed by atoms with Crippen LogP contribution in [0.25, 0.3) is 5.57 Å². The monoisotopic (exact) mass is 335 g/mol.